The molecule has 0 unspecified atom stereocenters. The van der Waals surface area contributed by atoms with E-state index in [1.54, 1.807) is 0 Å². The second-order valence-corrected chi connectivity index (χ2v) is 7.63. The van der Waals surface area contributed by atoms with Gasteiger partial charge in [-0.05, 0) is 56.1 Å². The van der Waals surface area contributed by atoms with Gasteiger partial charge in [0.25, 0.3) is 0 Å². The van der Waals surface area contributed by atoms with Crippen molar-refractivity contribution in [2.75, 3.05) is 0 Å². The van der Waals surface area contributed by atoms with Crippen molar-refractivity contribution in [2.24, 2.45) is 0 Å². The summed E-state index contributed by atoms with van der Waals surface area (Å²) < 4.78 is 12.6. The van der Waals surface area contributed by atoms with Gasteiger partial charge in [0.2, 0.25) is 0 Å². The predicted molar refractivity (Wildman–Crippen MR) is 88.1 cm³/mol. The topological polar surface area (TPSA) is 31.4 Å². The van der Waals surface area contributed by atoms with Gasteiger partial charge in [-0.2, -0.15) is 0 Å². The van der Waals surface area contributed by atoms with Crippen LogP contribution in [0.25, 0.3) is 0 Å². The third-order valence-corrected chi connectivity index (χ3v) is 4.78. The number of pyridine rings is 1. The quantitative estimate of drug-likeness (QED) is 0.796. The SMILES string of the molecule is CC(C)c1cncc(C(C)C)c1B1OC(C)(C)C(C)(C)O1. The molecular formula is C17H28BNO2. The van der Waals surface area contributed by atoms with Crippen molar-refractivity contribution in [3.05, 3.63) is 23.5 Å². The van der Waals surface area contributed by atoms with Gasteiger partial charge in [0.1, 0.15) is 0 Å². The fourth-order valence-corrected chi connectivity index (χ4v) is 2.66. The first-order valence-corrected chi connectivity index (χ1v) is 7.90. The molecule has 0 atom stereocenters. The second-order valence-electron chi connectivity index (χ2n) is 7.63. The largest absolute Gasteiger partial charge is 0.495 e. The molecule has 1 saturated heterocycles. The summed E-state index contributed by atoms with van der Waals surface area (Å²) in [4.78, 5) is 4.42. The van der Waals surface area contributed by atoms with Crippen LogP contribution >= 0.6 is 0 Å². The average molecular weight is 289 g/mol. The number of rotatable bonds is 3. The first-order valence-electron chi connectivity index (χ1n) is 7.90. The maximum Gasteiger partial charge on any atom is 0.495 e. The van der Waals surface area contributed by atoms with Crippen LogP contribution in [-0.2, 0) is 9.31 Å². The fraction of sp³-hybridized carbons (Fsp3) is 0.706. The van der Waals surface area contributed by atoms with Crippen molar-refractivity contribution in [3.8, 4) is 0 Å². The maximum absolute atomic E-state index is 6.28. The van der Waals surface area contributed by atoms with E-state index in [1.165, 1.54) is 16.6 Å². The van der Waals surface area contributed by atoms with Crippen LogP contribution in [0.3, 0.4) is 0 Å². The Labute approximate surface area is 129 Å². The Hall–Kier alpha value is -0.865. The van der Waals surface area contributed by atoms with Crippen LogP contribution in [-0.4, -0.2) is 23.3 Å². The Morgan fingerprint density at radius 3 is 1.57 bits per heavy atom. The van der Waals surface area contributed by atoms with Crippen molar-refractivity contribution in [3.63, 3.8) is 0 Å². The fourth-order valence-electron chi connectivity index (χ4n) is 2.66. The molecule has 1 aromatic rings. The summed E-state index contributed by atoms with van der Waals surface area (Å²) in [5, 5.41) is 0. The normalized spacial score (nSPS) is 20.6. The highest BCUT2D eigenvalue weighted by Gasteiger charge is 2.52. The molecule has 1 fully saturated rings. The van der Waals surface area contributed by atoms with E-state index in [1.807, 2.05) is 12.4 Å². The molecule has 3 nitrogen and oxygen atoms in total. The van der Waals surface area contributed by atoms with Crippen LogP contribution in [0.1, 0.15) is 78.4 Å². The molecule has 4 heteroatoms. The highest BCUT2D eigenvalue weighted by molar-refractivity contribution is 6.63. The molecular weight excluding hydrogens is 261 g/mol. The highest BCUT2D eigenvalue weighted by Crippen LogP contribution is 2.37. The van der Waals surface area contributed by atoms with Gasteiger partial charge in [0, 0.05) is 12.4 Å². The molecule has 2 rings (SSSR count). The average Bonchev–Trinajstić information content (AvgIpc) is 2.57. The minimum Gasteiger partial charge on any atom is -0.399 e. The Morgan fingerprint density at radius 2 is 1.24 bits per heavy atom. The van der Waals surface area contributed by atoms with E-state index in [9.17, 15) is 0 Å². The Kier molecular flexibility index (Phi) is 4.24. The number of nitrogens with zero attached hydrogens (tertiary/aromatic N) is 1. The highest BCUT2D eigenvalue weighted by atomic mass is 16.7. The molecule has 2 heterocycles. The Morgan fingerprint density at radius 1 is 0.857 bits per heavy atom. The van der Waals surface area contributed by atoms with Crippen LogP contribution in [0.4, 0.5) is 0 Å². The molecule has 0 saturated carbocycles. The van der Waals surface area contributed by atoms with E-state index < -0.39 is 0 Å². The summed E-state index contributed by atoms with van der Waals surface area (Å²) in [6.07, 6.45) is 3.91. The molecule has 0 amide bonds. The van der Waals surface area contributed by atoms with Crippen LogP contribution in [0.5, 0.6) is 0 Å². The van der Waals surface area contributed by atoms with Gasteiger partial charge in [0.15, 0.2) is 0 Å². The Bertz CT molecular complexity index is 481. The number of hydrogen-bond donors (Lipinski definition) is 0. The van der Waals surface area contributed by atoms with E-state index >= 15 is 0 Å². The summed E-state index contributed by atoms with van der Waals surface area (Å²) in [6, 6.07) is 0. The molecule has 1 aromatic heterocycles. The van der Waals surface area contributed by atoms with Crippen LogP contribution in [0, 0.1) is 0 Å². The van der Waals surface area contributed by atoms with Crippen molar-refractivity contribution in [1.82, 2.24) is 4.98 Å². The van der Waals surface area contributed by atoms with Gasteiger partial charge in [-0.3, -0.25) is 4.98 Å². The van der Waals surface area contributed by atoms with Gasteiger partial charge in [-0.15, -0.1) is 0 Å². The lowest BCUT2D eigenvalue weighted by Gasteiger charge is -2.32. The van der Waals surface area contributed by atoms with Crippen molar-refractivity contribution >= 4 is 12.6 Å². The van der Waals surface area contributed by atoms with Gasteiger partial charge >= 0.3 is 7.12 Å². The van der Waals surface area contributed by atoms with Crippen LogP contribution in [0.15, 0.2) is 12.4 Å². The maximum atomic E-state index is 6.28. The first-order chi connectivity index (χ1) is 9.57. The van der Waals surface area contributed by atoms with Gasteiger partial charge in [0.05, 0.1) is 11.2 Å². The molecule has 1 aliphatic rings. The zero-order chi connectivity index (χ0) is 16.0. The van der Waals surface area contributed by atoms with Gasteiger partial charge < -0.3 is 9.31 Å². The molecule has 116 valence electrons. The van der Waals surface area contributed by atoms with Gasteiger partial charge in [-0.1, -0.05) is 27.7 Å². The lowest BCUT2D eigenvalue weighted by molar-refractivity contribution is 0.00578. The van der Waals surface area contributed by atoms with Crippen LogP contribution in [0.2, 0.25) is 0 Å². The third kappa shape index (κ3) is 2.88. The van der Waals surface area contributed by atoms with E-state index in [-0.39, 0.29) is 18.3 Å². The minimum absolute atomic E-state index is 0.312. The molecule has 21 heavy (non-hydrogen) atoms. The molecule has 1 aliphatic heterocycles. The number of hydrogen-bond acceptors (Lipinski definition) is 3. The molecule has 0 bridgehead atoms. The summed E-state index contributed by atoms with van der Waals surface area (Å²) in [7, 11) is -0.312. The summed E-state index contributed by atoms with van der Waals surface area (Å²) in [6.45, 7) is 17.1. The van der Waals surface area contributed by atoms with E-state index in [4.69, 9.17) is 9.31 Å². The van der Waals surface area contributed by atoms with Gasteiger partial charge in [-0.25, -0.2) is 0 Å². The summed E-state index contributed by atoms with van der Waals surface area (Å²) in [5.41, 5.74) is 2.99. The molecule has 0 N–H and O–H groups in total. The zero-order valence-electron chi connectivity index (χ0n) is 14.7. The van der Waals surface area contributed by atoms with E-state index in [0.717, 1.165) is 0 Å². The van der Waals surface area contributed by atoms with Crippen LogP contribution < -0.4 is 5.46 Å². The standard InChI is InChI=1S/C17H28BNO2/c1-11(2)13-9-19-10-14(12(3)4)15(13)18-20-16(5,6)17(7,8)21-18/h9-12H,1-8H3. The molecule has 0 radical (unpaired) electrons. The minimum atomic E-state index is -0.316. The van der Waals surface area contributed by atoms with E-state index in [0.29, 0.717) is 11.8 Å². The lowest BCUT2D eigenvalue weighted by atomic mass is 9.70. The third-order valence-electron chi connectivity index (χ3n) is 4.78. The number of aromatic nitrogens is 1. The lowest BCUT2D eigenvalue weighted by Crippen LogP contribution is -2.41. The summed E-state index contributed by atoms with van der Waals surface area (Å²) >= 11 is 0. The zero-order valence-corrected chi connectivity index (χ0v) is 14.7. The Balaban J connectivity index is 2.53. The second kappa shape index (κ2) is 5.40. The predicted octanol–water partition coefficient (Wildman–Crippen LogP) is 3.63. The molecule has 0 spiro atoms. The van der Waals surface area contributed by atoms with Crippen molar-refractivity contribution in [2.45, 2.75) is 78.4 Å². The van der Waals surface area contributed by atoms with Crippen molar-refractivity contribution in [1.29, 1.82) is 0 Å². The molecule has 0 aliphatic carbocycles. The summed E-state index contributed by atoms with van der Waals surface area (Å²) in [5.74, 6) is 0.787. The van der Waals surface area contributed by atoms with E-state index in [2.05, 4.69) is 60.4 Å². The monoisotopic (exact) mass is 289 g/mol. The van der Waals surface area contributed by atoms with Crippen molar-refractivity contribution < 1.29 is 9.31 Å². The molecule has 0 aromatic carbocycles. The first kappa shape index (κ1) is 16.5. The smallest absolute Gasteiger partial charge is 0.399 e.